The van der Waals surface area contributed by atoms with Gasteiger partial charge < -0.3 is 14.2 Å². The second-order valence-electron chi connectivity index (χ2n) is 23.1. The number of ether oxygens (including phenoxy) is 3. The first-order valence-corrected chi connectivity index (χ1v) is 34.1. The van der Waals surface area contributed by atoms with E-state index in [0.717, 1.165) is 70.6 Å². The summed E-state index contributed by atoms with van der Waals surface area (Å²) in [6.07, 6.45) is 82.9. The van der Waals surface area contributed by atoms with Crippen molar-refractivity contribution in [3.05, 3.63) is 48.6 Å². The smallest absolute Gasteiger partial charge is 0.306 e. The first-order chi connectivity index (χ1) is 38.0. The molecular weight excluding hydrogens is 949 g/mol. The molecule has 0 bridgehead atoms. The predicted molar refractivity (Wildman–Crippen MR) is 335 cm³/mol. The van der Waals surface area contributed by atoms with Gasteiger partial charge in [-0.05, 0) is 96.3 Å². The van der Waals surface area contributed by atoms with Crippen molar-refractivity contribution >= 4 is 17.9 Å². The molecule has 0 aromatic rings. The molecule has 0 aromatic heterocycles. The number of carbonyl (C=O) groups excluding carboxylic acids is 3. The van der Waals surface area contributed by atoms with E-state index in [-0.39, 0.29) is 31.1 Å². The first kappa shape index (κ1) is 74.4. The highest BCUT2D eigenvalue weighted by molar-refractivity contribution is 5.71. The first-order valence-electron chi connectivity index (χ1n) is 34.1. The summed E-state index contributed by atoms with van der Waals surface area (Å²) in [6.45, 7) is 6.62. The standard InChI is InChI=1S/C71H130O6/c1-4-7-10-13-16-19-22-24-26-28-30-31-32-33-34-35-36-37-38-39-41-42-44-46-49-52-55-58-61-64-70(73)76-67-68(66-75-69(72)63-60-57-54-51-48-21-18-15-12-9-6-3)77-71(74)65-62-59-56-53-50-47-45-43-40-29-27-25-23-20-17-14-11-8-5-2/h15,17-18,20,25,27-28,30,68H,4-14,16,19,21-24,26,29,31-67H2,1-3H3/b18-15-,20-17-,27-25-,30-28-. The zero-order valence-corrected chi connectivity index (χ0v) is 51.7. The van der Waals surface area contributed by atoms with E-state index in [9.17, 15) is 14.4 Å². The Hall–Kier alpha value is -2.63. The number of esters is 3. The third-order valence-electron chi connectivity index (χ3n) is 15.3. The summed E-state index contributed by atoms with van der Waals surface area (Å²) in [5.74, 6) is -0.868. The van der Waals surface area contributed by atoms with Crippen molar-refractivity contribution < 1.29 is 28.6 Å². The summed E-state index contributed by atoms with van der Waals surface area (Å²) in [7, 11) is 0. The predicted octanol–water partition coefficient (Wildman–Crippen LogP) is 23.3. The van der Waals surface area contributed by atoms with Crippen LogP contribution in [0.3, 0.4) is 0 Å². The van der Waals surface area contributed by atoms with Gasteiger partial charge in [-0.25, -0.2) is 0 Å². The quantitative estimate of drug-likeness (QED) is 0.0261. The number of rotatable bonds is 63. The highest BCUT2D eigenvalue weighted by atomic mass is 16.6. The highest BCUT2D eigenvalue weighted by Gasteiger charge is 2.19. The van der Waals surface area contributed by atoms with Crippen molar-refractivity contribution in [2.45, 2.75) is 374 Å². The van der Waals surface area contributed by atoms with Crippen LogP contribution in [0.4, 0.5) is 0 Å². The summed E-state index contributed by atoms with van der Waals surface area (Å²) in [4.78, 5) is 38.3. The molecule has 1 unspecified atom stereocenters. The largest absolute Gasteiger partial charge is 0.462 e. The molecule has 0 aliphatic carbocycles. The van der Waals surface area contributed by atoms with Crippen LogP contribution < -0.4 is 0 Å². The molecule has 0 aliphatic rings. The Bertz CT molecular complexity index is 1330. The van der Waals surface area contributed by atoms with Crippen LogP contribution in [-0.2, 0) is 28.6 Å². The van der Waals surface area contributed by atoms with Crippen LogP contribution in [0.2, 0.25) is 0 Å². The Morgan fingerprint density at radius 1 is 0.260 bits per heavy atom. The third kappa shape index (κ3) is 64.1. The van der Waals surface area contributed by atoms with E-state index in [1.54, 1.807) is 0 Å². The lowest BCUT2D eigenvalue weighted by Gasteiger charge is -2.18. The fourth-order valence-corrected chi connectivity index (χ4v) is 10.1. The number of carbonyl (C=O) groups is 3. The second-order valence-corrected chi connectivity index (χ2v) is 23.1. The molecule has 0 spiro atoms. The second kappa shape index (κ2) is 65.9. The number of hydrogen-bond donors (Lipinski definition) is 0. The lowest BCUT2D eigenvalue weighted by atomic mass is 10.0. The van der Waals surface area contributed by atoms with Gasteiger partial charge in [0, 0.05) is 19.3 Å². The van der Waals surface area contributed by atoms with Gasteiger partial charge in [0.1, 0.15) is 13.2 Å². The van der Waals surface area contributed by atoms with Gasteiger partial charge in [0.15, 0.2) is 6.10 Å². The van der Waals surface area contributed by atoms with Gasteiger partial charge in [-0.1, -0.05) is 301 Å². The zero-order chi connectivity index (χ0) is 55.7. The molecule has 0 heterocycles. The average Bonchev–Trinajstić information content (AvgIpc) is 3.43. The van der Waals surface area contributed by atoms with Crippen LogP contribution in [0, 0.1) is 0 Å². The van der Waals surface area contributed by atoms with Crippen molar-refractivity contribution in [3.63, 3.8) is 0 Å². The molecule has 0 radical (unpaired) electrons. The Balaban J connectivity index is 4.16. The SMILES string of the molecule is CCCC/C=C\CCCCCCCC(=O)OCC(COC(=O)CCCCCCCCCCCCCCCCCCC/C=C\CCCCCCCCCC)OC(=O)CCCCCCCCCCC/C=C\C/C=C\CCCCC. The number of allylic oxidation sites excluding steroid dienone is 8. The minimum Gasteiger partial charge on any atom is -0.462 e. The molecule has 0 saturated heterocycles. The normalized spacial score (nSPS) is 12.3. The van der Waals surface area contributed by atoms with Gasteiger partial charge in [0.2, 0.25) is 0 Å². The Labute approximate surface area is 479 Å². The average molecular weight is 1080 g/mol. The minimum atomic E-state index is -0.778. The molecule has 0 aliphatic heterocycles. The Kier molecular flexibility index (Phi) is 63.6. The van der Waals surface area contributed by atoms with Crippen LogP contribution in [0.15, 0.2) is 48.6 Å². The summed E-state index contributed by atoms with van der Waals surface area (Å²) >= 11 is 0. The summed E-state index contributed by atoms with van der Waals surface area (Å²) in [5, 5.41) is 0. The summed E-state index contributed by atoms with van der Waals surface area (Å²) in [5.41, 5.74) is 0. The van der Waals surface area contributed by atoms with Crippen LogP contribution in [0.5, 0.6) is 0 Å². The lowest BCUT2D eigenvalue weighted by Crippen LogP contribution is -2.30. The lowest BCUT2D eigenvalue weighted by molar-refractivity contribution is -0.167. The fraction of sp³-hybridized carbons (Fsp3) is 0.845. The molecule has 0 fully saturated rings. The van der Waals surface area contributed by atoms with Crippen LogP contribution >= 0.6 is 0 Å². The summed E-state index contributed by atoms with van der Waals surface area (Å²) < 4.78 is 16.9. The maximum atomic E-state index is 12.9. The monoisotopic (exact) mass is 1080 g/mol. The molecule has 0 saturated carbocycles. The van der Waals surface area contributed by atoms with Gasteiger partial charge >= 0.3 is 17.9 Å². The molecule has 6 heteroatoms. The molecule has 6 nitrogen and oxygen atoms in total. The fourth-order valence-electron chi connectivity index (χ4n) is 10.1. The van der Waals surface area contributed by atoms with Crippen molar-refractivity contribution in [2.75, 3.05) is 13.2 Å². The van der Waals surface area contributed by atoms with E-state index in [1.807, 2.05) is 0 Å². The van der Waals surface area contributed by atoms with E-state index in [0.29, 0.717) is 19.3 Å². The van der Waals surface area contributed by atoms with E-state index in [4.69, 9.17) is 14.2 Å². The van der Waals surface area contributed by atoms with Crippen LogP contribution in [-0.4, -0.2) is 37.2 Å². The zero-order valence-electron chi connectivity index (χ0n) is 51.7. The van der Waals surface area contributed by atoms with Gasteiger partial charge in [-0.15, -0.1) is 0 Å². The maximum absolute atomic E-state index is 12.9. The molecule has 0 amide bonds. The van der Waals surface area contributed by atoms with E-state index < -0.39 is 6.10 Å². The van der Waals surface area contributed by atoms with Gasteiger partial charge in [-0.3, -0.25) is 14.4 Å². The van der Waals surface area contributed by atoms with Gasteiger partial charge in [0.25, 0.3) is 0 Å². The maximum Gasteiger partial charge on any atom is 0.306 e. The minimum absolute atomic E-state index is 0.0741. The number of hydrogen-bond acceptors (Lipinski definition) is 6. The van der Waals surface area contributed by atoms with Crippen LogP contribution in [0.1, 0.15) is 367 Å². The Morgan fingerprint density at radius 2 is 0.481 bits per heavy atom. The van der Waals surface area contributed by atoms with Crippen molar-refractivity contribution in [1.82, 2.24) is 0 Å². The van der Waals surface area contributed by atoms with Crippen molar-refractivity contribution in [2.24, 2.45) is 0 Å². The van der Waals surface area contributed by atoms with Crippen molar-refractivity contribution in [1.29, 1.82) is 0 Å². The molecule has 77 heavy (non-hydrogen) atoms. The highest BCUT2D eigenvalue weighted by Crippen LogP contribution is 2.18. The molecular formula is C71H130O6. The Morgan fingerprint density at radius 3 is 0.792 bits per heavy atom. The van der Waals surface area contributed by atoms with E-state index in [1.165, 1.54) is 257 Å². The van der Waals surface area contributed by atoms with Gasteiger partial charge in [-0.2, -0.15) is 0 Å². The third-order valence-corrected chi connectivity index (χ3v) is 15.3. The molecule has 0 N–H and O–H groups in total. The summed E-state index contributed by atoms with van der Waals surface area (Å²) in [6, 6.07) is 0. The molecule has 0 aromatic carbocycles. The topological polar surface area (TPSA) is 78.9 Å². The van der Waals surface area contributed by atoms with Gasteiger partial charge in [0.05, 0.1) is 0 Å². The number of unbranched alkanes of at least 4 members (excludes halogenated alkanes) is 44. The molecule has 0 rings (SSSR count). The van der Waals surface area contributed by atoms with Crippen molar-refractivity contribution in [3.8, 4) is 0 Å². The van der Waals surface area contributed by atoms with E-state index >= 15 is 0 Å². The molecule has 450 valence electrons. The van der Waals surface area contributed by atoms with E-state index in [2.05, 4.69) is 69.4 Å². The van der Waals surface area contributed by atoms with Crippen LogP contribution in [0.25, 0.3) is 0 Å². The molecule has 1 atom stereocenters.